The normalized spacial score (nSPS) is 11.6. The number of halogens is 1. The SMILES string of the molecule is Cc1ccc(S(=O)(=O)NCCc2nc(-c3ccc(F)cc3)n[nH]2)cc1. The van der Waals surface area contributed by atoms with E-state index >= 15 is 0 Å². The second-order valence-electron chi connectivity index (χ2n) is 5.57. The fourth-order valence-electron chi connectivity index (χ4n) is 2.24. The van der Waals surface area contributed by atoms with Crippen molar-refractivity contribution in [1.82, 2.24) is 19.9 Å². The largest absolute Gasteiger partial charge is 0.263 e. The highest BCUT2D eigenvalue weighted by Crippen LogP contribution is 2.15. The zero-order valence-corrected chi connectivity index (χ0v) is 14.3. The van der Waals surface area contributed by atoms with Crippen molar-refractivity contribution in [2.24, 2.45) is 0 Å². The summed E-state index contributed by atoms with van der Waals surface area (Å²) in [6, 6.07) is 12.5. The van der Waals surface area contributed by atoms with Gasteiger partial charge in [-0.2, -0.15) is 5.10 Å². The van der Waals surface area contributed by atoms with Crippen LogP contribution < -0.4 is 4.72 Å². The number of hydrogen-bond donors (Lipinski definition) is 2. The molecule has 0 fully saturated rings. The van der Waals surface area contributed by atoms with Crippen LogP contribution in [0.5, 0.6) is 0 Å². The smallest absolute Gasteiger partial charge is 0.240 e. The summed E-state index contributed by atoms with van der Waals surface area (Å²) in [5.74, 6) is 0.660. The van der Waals surface area contributed by atoms with Crippen molar-refractivity contribution >= 4 is 10.0 Å². The molecule has 1 aromatic heterocycles. The topological polar surface area (TPSA) is 87.7 Å². The molecular weight excluding hydrogens is 343 g/mol. The summed E-state index contributed by atoms with van der Waals surface area (Å²) < 4.78 is 39.9. The molecule has 0 saturated heterocycles. The molecule has 0 unspecified atom stereocenters. The third kappa shape index (κ3) is 4.28. The second-order valence-corrected chi connectivity index (χ2v) is 7.34. The van der Waals surface area contributed by atoms with Crippen molar-refractivity contribution in [3.63, 3.8) is 0 Å². The third-order valence-electron chi connectivity index (χ3n) is 3.62. The number of benzene rings is 2. The van der Waals surface area contributed by atoms with Gasteiger partial charge in [-0.25, -0.2) is 22.5 Å². The Morgan fingerprint density at radius 3 is 2.44 bits per heavy atom. The number of H-pyrrole nitrogens is 1. The van der Waals surface area contributed by atoms with Crippen molar-refractivity contribution < 1.29 is 12.8 Å². The van der Waals surface area contributed by atoms with Gasteiger partial charge in [0.25, 0.3) is 0 Å². The molecule has 130 valence electrons. The van der Waals surface area contributed by atoms with Crippen molar-refractivity contribution in [2.45, 2.75) is 18.2 Å². The number of nitrogens with zero attached hydrogens (tertiary/aromatic N) is 2. The van der Waals surface area contributed by atoms with Crippen LogP contribution in [-0.2, 0) is 16.4 Å². The molecule has 2 aromatic carbocycles. The van der Waals surface area contributed by atoms with E-state index in [9.17, 15) is 12.8 Å². The van der Waals surface area contributed by atoms with Gasteiger partial charge in [0, 0.05) is 18.5 Å². The highest BCUT2D eigenvalue weighted by atomic mass is 32.2. The molecule has 0 amide bonds. The van der Waals surface area contributed by atoms with E-state index < -0.39 is 10.0 Å². The van der Waals surface area contributed by atoms with Crippen LogP contribution in [-0.4, -0.2) is 30.1 Å². The molecule has 3 aromatic rings. The van der Waals surface area contributed by atoms with E-state index in [0.29, 0.717) is 23.6 Å². The zero-order valence-electron chi connectivity index (χ0n) is 13.5. The molecule has 0 aliphatic carbocycles. The Morgan fingerprint density at radius 1 is 1.08 bits per heavy atom. The fraction of sp³-hybridized carbons (Fsp3) is 0.176. The summed E-state index contributed by atoms with van der Waals surface area (Å²) in [6.45, 7) is 2.08. The van der Waals surface area contributed by atoms with E-state index in [4.69, 9.17) is 0 Å². The van der Waals surface area contributed by atoms with E-state index in [-0.39, 0.29) is 17.3 Å². The number of hydrogen-bond acceptors (Lipinski definition) is 4. The number of aromatic amines is 1. The first-order valence-corrected chi connectivity index (χ1v) is 9.16. The van der Waals surface area contributed by atoms with E-state index in [0.717, 1.165) is 5.56 Å². The number of aryl methyl sites for hydroxylation is 1. The number of nitrogens with one attached hydrogen (secondary N) is 2. The molecule has 3 rings (SSSR count). The van der Waals surface area contributed by atoms with Crippen molar-refractivity contribution in [1.29, 1.82) is 0 Å². The van der Waals surface area contributed by atoms with Crippen molar-refractivity contribution in [3.05, 3.63) is 65.7 Å². The molecule has 0 aliphatic rings. The minimum Gasteiger partial charge on any atom is -0.263 e. The van der Waals surface area contributed by atoms with Gasteiger partial charge in [0.2, 0.25) is 10.0 Å². The van der Waals surface area contributed by atoms with Crippen LogP contribution in [0.15, 0.2) is 53.4 Å². The van der Waals surface area contributed by atoms with Crippen molar-refractivity contribution in [2.75, 3.05) is 6.54 Å². The minimum atomic E-state index is -3.55. The summed E-state index contributed by atoms with van der Waals surface area (Å²) in [5.41, 5.74) is 1.68. The monoisotopic (exact) mass is 360 g/mol. The molecule has 1 heterocycles. The molecule has 0 spiro atoms. The standard InChI is InChI=1S/C17H17FN4O2S/c1-12-2-8-15(9-3-12)25(23,24)19-11-10-16-20-17(22-21-16)13-4-6-14(18)7-5-13/h2-9,19H,10-11H2,1H3,(H,20,21,22). The Kier molecular flexibility index (Phi) is 4.91. The average Bonchev–Trinajstić information content (AvgIpc) is 3.04. The lowest BCUT2D eigenvalue weighted by atomic mass is 10.2. The summed E-state index contributed by atoms with van der Waals surface area (Å²) in [6.07, 6.45) is 0.360. The molecule has 8 heteroatoms. The Morgan fingerprint density at radius 2 is 1.76 bits per heavy atom. The molecule has 0 radical (unpaired) electrons. The molecule has 2 N–H and O–H groups in total. The van der Waals surface area contributed by atoms with Gasteiger partial charge in [0.05, 0.1) is 4.90 Å². The first-order valence-electron chi connectivity index (χ1n) is 7.67. The quantitative estimate of drug-likeness (QED) is 0.707. The lowest BCUT2D eigenvalue weighted by Gasteiger charge is -2.06. The van der Waals surface area contributed by atoms with Crippen LogP contribution in [0, 0.1) is 12.7 Å². The van der Waals surface area contributed by atoms with Gasteiger partial charge in [-0.05, 0) is 43.3 Å². The summed E-state index contributed by atoms with van der Waals surface area (Å²) in [4.78, 5) is 4.51. The molecule has 0 aliphatic heterocycles. The second kappa shape index (κ2) is 7.12. The van der Waals surface area contributed by atoms with E-state index in [1.165, 1.54) is 12.1 Å². The molecular formula is C17H17FN4O2S. The van der Waals surface area contributed by atoms with Gasteiger partial charge >= 0.3 is 0 Å². The minimum absolute atomic E-state index is 0.189. The van der Waals surface area contributed by atoms with E-state index in [2.05, 4.69) is 19.9 Å². The Labute approximate surface area is 145 Å². The Bertz CT molecular complexity index is 951. The summed E-state index contributed by atoms with van der Waals surface area (Å²) in [5, 5.41) is 6.83. The van der Waals surface area contributed by atoms with Gasteiger partial charge in [0.1, 0.15) is 11.6 Å². The van der Waals surface area contributed by atoms with Crippen LogP contribution in [0.25, 0.3) is 11.4 Å². The molecule has 25 heavy (non-hydrogen) atoms. The maximum absolute atomic E-state index is 12.9. The van der Waals surface area contributed by atoms with Gasteiger partial charge in [0.15, 0.2) is 5.82 Å². The van der Waals surface area contributed by atoms with Crippen LogP contribution in [0.4, 0.5) is 4.39 Å². The number of rotatable bonds is 6. The summed E-state index contributed by atoms with van der Waals surface area (Å²) in [7, 11) is -3.55. The molecule has 0 bridgehead atoms. The lowest BCUT2D eigenvalue weighted by molar-refractivity contribution is 0.581. The Balaban J connectivity index is 1.61. The Hall–Kier alpha value is -2.58. The highest BCUT2D eigenvalue weighted by molar-refractivity contribution is 7.89. The zero-order chi connectivity index (χ0) is 17.9. The number of aromatic nitrogens is 3. The van der Waals surface area contributed by atoms with Crippen LogP contribution in [0.2, 0.25) is 0 Å². The maximum Gasteiger partial charge on any atom is 0.240 e. The predicted octanol–water partition coefficient (Wildman–Crippen LogP) is 2.44. The predicted molar refractivity (Wildman–Crippen MR) is 91.8 cm³/mol. The fourth-order valence-corrected chi connectivity index (χ4v) is 3.27. The summed E-state index contributed by atoms with van der Waals surface area (Å²) >= 11 is 0. The van der Waals surface area contributed by atoms with Crippen molar-refractivity contribution in [3.8, 4) is 11.4 Å². The molecule has 0 atom stereocenters. The molecule has 6 nitrogen and oxygen atoms in total. The first-order chi connectivity index (χ1) is 11.9. The third-order valence-corrected chi connectivity index (χ3v) is 5.10. The lowest BCUT2D eigenvalue weighted by Crippen LogP contribution is -2.26. The van der Waals surface area contributed by atoms with Crippen LogP contribution in [0.1, 0.15) is 11.4 Å². The molecule has 0 saturated carbocycles. The average molecular weight is 360 g/mol. The van der Waals surface area contributed by atoms with E-state index in [1.807, 2.05) is 6.92 Å². The number of sulfonamides is 1. The first kappa shape index (κ1) is 17.2. The maximum atomic E-state index is 12.9. The van der Waals surface area contributed by atoms with E-state index in [1.54, 1.807) is 36.4 Å². The van der Waals surface area contributed by atoms with Gasteiger partial charge in [-0.15, -0.1) is 0 Å². The van der Waals surface area contributed by atoms with Gasteiger partial charge in [-0.1, -0.05) is 17.7 Å². The highest BCUT2D eigenvalue weighted by Gasteiger charge is 2.13. The van der Waals surface area contributed by atoms with Gasteiger partial charge < -0.3 is 0 Å². The van der Waals surface area contributed by atoms with Gasteiger partial charge in [-0.3, -0.25) is 5.10 Å². The van der Waals surface area contributed by atoms with Crippen LogP contribution in [0.3, 0.4) is 0 Å². The van der Waals surface area contributed by atoms with Crippen LogP contribution >= 0.6 is 0 Å².